The Bertz CT molecular complexity index is 1250. The van der Waals surface area contributed by atoms with Gasteiger partial charge in [0.25, 0.3) is 0 Å². The summed E-state index contributed by atoms with van der Waals surface area (Å²) in [5, 5.41) is 18.5. The van der Waals surface area contributed by atoms with E-state index in [0.29, 0.717) is 18.4 Å². The van der Waals surface area contributed by atoms with Gasteiger partial charge in [-0.15, -0.1) is 23.4 Å². The van der Waals surface area contributed by atoms with Crippen molar-refractivity contribution in [3.8, 4) is 0 Å². The summed E-state index contributed by atoms with van der Waals surface area (Å²) in [6.07, 6.45) is 2.67. The second-order valence-corrected chi connectivity index (χ2v) is 12.7. The number of thioether (sulfide) groups is 1. The van der Waals surface area contributed by atoms with E-state index in [1.54, 1.807) is 39.2 Å². The average molecular weight is 607 g/mol. The molecule has 2 aromatic rings. The number of carbonyl (C=O) groups is 3. The fraction of sp³-hybridized carbons (Fsp3) is 0.577. The molecule has 0 radical (unpaired) electrons. The van der Waals surface area contributed by atoms with E-state index in [1.807, 2.05) is 31.2 Å². The van der Waals surface area contributed by atoms with Crippen LogP contribution < -0.4 is 0 Å². The third kappa shape index (κ3) is 4.06. The van der Waals surface area contributed by atoms with Crippen molar-refractivity contribution >= 4 is 56.5 Å². The zero-order chi connectivity index (χ0) is 27.2. The Balaban J connectivity index is 1.57. The molecule has 10 nitrogen and oxygen atoms in total. The van der Waals surface area contributed by atoms with Gasteiger partial charge in [0.05, 0.1) is 41.4 Å². The van der Waals surface area contributed by atoms with Crippen LogP contribution in [0.4, 0.5) is 0 Å². The molecule has 0 saturated carbocycles. The number of carbonyl (C=O) groups excluding carboxylic acids is 3. The summed E-state index contributed by atoms with van der Waals surface area (Å²) in [6, 6.07) is 6.09. The van der Waals surface area contributed by atoms with Gasteiger partial charge in [-0.1, -0.05) is 46.3 Å². The number of halogens is 1. The molecular formula is C26H32BrN5O5S. The highest BCUT2D eigenvalue weighted by Crippen LogP contribution is 2.68. The molecule has 204 valence electrons. The van der Waals surface area contributed by atoms with Gasteiger partial charge < -0.3 is 19.6 Å². The largest absolute Gasteiger partial charge is 0.466 e. The summed E-state index contributed by atoms with van der Waals surface area (Å²) < 4.78 is 6.24. The van der Waals surface area contributed by atoms with Gasteiger partial charge in [-0.25, -0.2) is 4.68 Å². The lowest BCUT2D eigenvalue weighted by atomic mass is 9.71. The smallest absolute Gasteiger partial charge is 0.310 e. The average Bonchev–Trinajstić information content (AvgIpc) is 3.62. The van der Waals surface area contributed by atoms with E-state index >= 15 is 0 Å². The normalized spacial score (nSPS) is 30.5. The third-order valence-corrected chi connectivity index (χ3v) is 11.2. The van der Waals surface area contributed by atoms with Crippen LogP contribution in [-0.4, -0.2) is 94.4 Å². The Morgan fingerprint density at radius 3 is 2.84 bits per heavy atom. The predicted molar refractivity (Wildman–Crippen MR) is 146 cm³/mol. The molecular weight excluding hydrogens is 574 g/mol. The lowest BCUT2D eigenvalue weighted by molar-refractivity contribution is -0.154. The maximum Gasteiger partial charge on any atom is 0.310 e. The molecule has 0 aliphatic carbocycles. The van der Waals surface area contributed by atoms with Gasteiger partial charge >= 0.3 is 5.97 Å². The SMILES string of the molecule is C=CCN(Cn1nnc2ccccc21)C(=O)C1N([C@@H](CC)CO)C(=O)[C@@H]2[C@H](C(=O)OCC)[C@H]3SC12CC3Br. The second kappa shape index (κ2) is 10.6. The molecule has 1 aromatic heterocycles. The molecule has 1 N–H and O–H groups in total. The Morgan fingerprint density at radius 1 is 1.39 bits per heavy atom. The molecule has 1 spiro atoms. The maximum absolute atomic E-state index is 14.5. The number of esters is 1. The number of aromatic nitrogens is 3. The van der Waals surface area contributed by atoms with Gasteiger partial charge in [0, 0.05) is 16.6 Å². The molecule has 5 rings (SSSR count). The Morgan fingerprint density at radius 2 is 2.16 bits per heavy atom. The number of aliphatic hydroxyl groups excluding tert-OH is 1. The Hall–Kier alpha value is -2.44. The van der Waals surface area contributed by atoms with Gasteiger partial charge in [0.1, 0.15) is 18.2 Å². The zero-order valence-electron chi connectivity index (χ0n) is 21.4. The number of nitrogens with zero attached hydrogens (tertiary/aromatic N) is 5. The summed E-state index contributed by atoms with van der Waals surface area (Å²) in [5.74, 6) is -2.28. The van der Waals surface area contributed by atoms with Crippen molar-refractivity contribution in [3.63, 3.8) is 0 Å². The van der Waals surface area contributed by atoms with E-state index in [1.165, 1.54) is 0 Å². The first-order valence-corrected chi connectivity index (χ1v) is 14.7. The van der Waals surface area contributed by atoms with E-state index in [4.69, 9.17) is 4.74 Å². The zero-order valence-corrected chi connectivity index (χ0v) is 23.8. The number of likely N-dealkylation sites (tertiary alicyclic amines) is 1. The summed E-state index contributed by atoms with van der Waals surface area (Å²) in [7, 11) is 0. The van der Waals surface area contributed by atoms with Crippen LogP contribution in [0.2, 0.25) is 0 Å². The topological polar surface area (TPSA) is 118 Å². The van der Waals surface area contributed by atoms with Crippen LogP contribution in [0, 0.1) is 11.8 Å². The molecule has 2 amide bonds. The number of para-hydroxylation sites is 1. The minimum atomic E-state index is -0.860. The van der Waals surface area contributed by atoms with Crippen molar-refractivity contribution in [3.05, 3.63) is 36.9 Å². The van der Waals surface area contributed by atoms with Crippen LogP contribution in [0.25, 0.3) is 11.0 Å². The molecule has 12 heteroatoms. The number of hydrogen-bond donors (Lipinski definition) is 1. The van der Waals surface area contributed by atoms with E-state index in [-0.39, 0.29) is 48.3 Å². The summed E-state index contributed by atoms with van der Waals surface area (Å²) in [5.41, 5.74) is 1.50. The predicted octanol–water partition coefficient (Wildman–Crippen LogP) is 2.20. The Labute approximate surface area is 233 Å². The molecule has 1 aromatic carbocycles. The van der Waals surface area contributed by atoms with Crippen molar-refractivity contribution < 1.29 is 24.2 Å². The molecule has 3 aliphatic rings. The van der Waals surface area contributed by atoms with Crippen LogP contribution in [0.15, 0.2) is 36.9 Å². The molecule has 7 atom stereocenters. The summed E-state index contributed by atoms with van der Waals surface area (Å²) >= 11 is 5.29. The molecule has 3 aliphatic heterocycles. The van der Waals surface area contributed by atoms with Crippen LogP contribution in [0.3, 0.4) is 0 Å². The fourth-order valence-electron chi connectivity index (χ4n) is 6.39. The molecule has 2 bridgehead atoms. The van der Waals surface area contributed by atoms with Crippen molar-refractivity contribution in [2.24, 2.45) is 11.8 Å². The lowest BCUT2D eigenvalue weighted by Crippen LogP contribution is -2.57. The molecule has 38 heavy (non-hydrogen) atoms. The number of aliphatic hydroxyl groups is 1. The van der Waals surface area contributed by atoms with E-state index in [9.17, 15) is 19.5 Å². The van der Waals surface area contributed by atoms with Crippen LogP contribution in [0.5, 0.6) is 0 Å². The highest BCUT2D eigenvalue weighted by Gasteiger charge is 2.76. The minimum Gasteiger partial charge on any atom is -0.466 e. The first-order valence-electron chi connectivity index (χ1n) is 12.9. The fourth-order valence-corrected chi connectivity index (χ4v) is 9.97. The summed E-state index contributed by atoms with van der Waals surface area (Å²) in [6.45, 7) is 7.76. The maximum atomic E-state index is 14.5. The molecule has 4 heterocycles. The van der Waals surface area contributed by atoms with Gasteiger partial charge in [-0.2, -0.15) is 0 Å². The first-order chi connectivity index (χ1) is 18.3. The van der Waals surface area contributed by atoms with Gasteiger partial charge in [0.15, 0.2) is 0 Å². The Kier molecular flexibility index (Phi) is 7.58. The lowest BCUT2D eigenvalue weighted by Gasteiger charge is -2.39. The van der Waals surface area contributed by atoms with Crippen molar-refractivity contribution in [2.75, 3.05) is 19.8 Å². The highest BCUT2D eigenvalue weighted by atomic mass is 79.9. The standard InChI is InChI=1S/C26H32BrN5O5S/c1-4-11-30(14-31-18-10-8-7-9-17(18)28-29-31)24(35)22-26-12-16(27)21(38-26)19(25(36)37-6-3)20(26)23(34)32(22)15(5-2)13-33/h4,7-10,15-16,19-22,33H,1,5-6,11-14H2,2-3H3/t15-,16?,19-,20-,21-,22?,26?/m0/s1. The minimum absolute atomic E-state index is 0.0532. The van der Waals surface area contributed by atoms with E-state index in [0.717, 1.165) is 5.52 Å². The van der Waals surface area contributed by atoms with E-state index < -0.39 is 34.6 Å². The van der Waals surface area contributed by atoms with Gasteiger partial charge in [-0.05, 0) is 31.9 Å². The number of hydrogen-bond acceptors (Lipinski definition) is 8. The molecule has 3 unspecified atom stereocenters. The van der Waals surface area contributed by atoms with Crippen molar-refractivity contribution in [1.29, 1.82) is 0 Å². The van der Waals surface area contributed by atoms with E-state index in [2.05, 4.69) is 32.8 Å². The van der Waals surface area contributed by atoms with Crippen LogP contribution in [0.1, 0.15) is 26.7 Å². The monoisotopic (exact) mass is 605 g/mol. The van der Waals surface area contributed by atoms with Crippen molar-refractivity contribution in [2.45, 2.75) is 60.3 Å². The number of amides is 2. The van der Waals surface area contributed by atoms with Crippen molar-refractivity contribution in [1.82, 2.24) is 24.8 Å². The van der Waals surface area contributed by atoms with Crippen LogP contribution >= 0.6 is 27.7 Å². The van der Waals surface area contributed by atoms with Gasteiger partial charge in [0.2, 0.25) is 11.8 Å². The summed E-state index contributed by atoms with van der Waals surface area (Å²) in [4.78, 5) is 44.9. The van der Waals surface area contributed by atoms with Crippen LogP contribution in [-0.2, 0) is 25.8 Å². The second-order valence-electron chi connectivity index (χ2n) is 9.97. The number of rotatable bonds is 10. The van der Waals surface area contributed by atoms with Gasteiger partial charge in [-0.3, -0.25) is 14.4 Å². The first kappa shape index (κ1) is 27.1. The number of ether oxygens (including phenoxy) is 1. The number of benzene rings is 1. The third-order valence-electron chi connectivity index (χ3n) is 7.98. The highest BCUT2D eigenvalue weighted by molar-refractivity contribution is 9.09. The number of alkyl halides is 1. The molecule has 3 fully saturated rings. The molecule has 3 saturated heterocycles. The quantitative estimate of drug-likeness (QED) is 0.249. The number of fused-ring (bicyclic) bond motifs is 2.